The second-order valence-electron chi connectivity index (χ2n) is 6.77. The van der Waals surface area contributed by atoms with Crippen LogP contribution in [0.15, 0.2) is 54.9 Å². The zero-order valence-electron chi connectivity index (χ0n) is 15.1. The van der Waals surface area contributed by atoms with E-state index in [1.807, 2.05) is 12.1 Å². The van der Waals surface area contributed by atoms with Gasteiger partial charge in [-0.2, -0.15) is 0 Å². The Hall–Kier alpha value is -2.53. The fourth-order valence-electron chi connectivity index (χ4n) is 2.84. The minimum atomic E-state index is 0.301. The average molecular weight is 335 g/mol. The van der Waals surface area contributed by atoms with Crippen LogP contribution in [0.4, 0.5) is 5.82 Å². The summed E-state index contributed by atoms with van der Waals surface area (Å²) in [5.74, 6) is 1.33. The van der Waals surface area contributed by atoms with Gasteiger partial charge < -0.3 is 10.2 Å². The Labute approximate surface area is 149 Å². The van der Waals surface area contributed by atoms with Crippen molar-refractivity contribution in [2.45, 2.75) is 26.4 Å². The number of hydrogen-bond donors (Lipinski definition) is 1. The summed E-state index contributed by atoms with van der Waals surface area (Å²) in [7, 11) is 2.16. The van der Waals surface area contributed by atoms with Gasteiger partial charge in [-0.05, 0) is 30.7 Å². The van der Waals surface area contributed by atoms with Gasteiger partial charge in [-0.25, -0.2) is 9.97 Å². The summed E-state index contributed by atoms with van der Waals surface area (Å²) in [6, 6.07) is 14.8. The summed E-state index contributed by atoms with van der Waals surface area (Å²) in [4.78, 5) is 15.5. The highest BCUT2D eigenvalue weighted by Crippen LogP contribution is 2.15. The minimum Gasteiger partial charge on any atom is -0.366 e. The molecule has 0 aliphatic heterocycles. The van der Waals surface area contributed by atoms with Crippen LogP contribution in [0.2, 0.25) is 0 Å². The largest absolute Gasteiger partial charge is 0.366 e. The van der Waals surface area contributed by atoms with Gasteiger partial charge >= 0.3 is 0 Å². The third kappa shape index (κ3) is 4.73. The van der Waals surface area contributed by atoms with Crippen molar-refractivity contribution in [3.05, 3.63) is 60.4 Å². The first-order valence-electron chi connectivity index (χ1n) is 8.68. The van der Waals surface area contributed by atoms with Gasteiger partial charge in [-0.1, -0.05) is 44.2 Å². The molecule has 1 unspecified atom stereocenters. The number of fused-ring (bicyclic) bond motifs is 1. The van der Waals surface area contributed by atoms with Crippen molar-refractivity contribution in [2.75, 3.05) is 18.9 Å². The second kappa shape index (κ2) is 8.03. The van der Waals surface area contributed by atoms with E-state index in [0.717, 1.165) is 24.4 Å². The first-order chi connectivity index (χ1) is 12.1. The van der Waals surface area contributed by atoms with Crippen LogP contribution in [0.3, 0.4) is 0 Å². The molecule has 1 atom stereocenters. The summed E-state index contributed by atoms with van der Waals surface area (Å²) >= 11 is 0. The van der Waals surface area contributed by atoms with Crippen LogP contribution >= 0.6 is 0 Å². The lowest BCUT2D eigenvalue weighted by Crippen LogP contribution is -2.38. The molecule has 1 N–H and O–H groups in total. The van der Waals surface area contributed by atoms with E-state index < -0.39 is 0 Å². The van der Waals surface area contributed by atoms with Crippen LogP contribution in [0.1, 0.15) is 19.4 Å². The van der Waals surface area contributed by atoms with Gasteiger partial charge in [0.25, 0.3) is 0 Å². The molecule has 3 aromatic rings. The number of pyridine rings is 1. The molecule has 0 saturated carbocycles. The van der Waals surface area contributed by atoms with Crippen LogP contribution in [0.5, 0.6) is 0 Å². The predicted octanol–water partition coefficient (Wildman–Crippen LogP) is 3.59. The van der Waals surface area contributed by atoms with E-state index in [2.05, 4.69) is 76.4 Å². The highest BCUT2D eigenvalue weighted by Gasteiger charge is 2.16. The number of benzene rings is 1. The summed E-state index contributed by atoms with van der Waals surface area (Å²) < 4.78 is 0. The smallest absolute Gasteiger partial charge is 0.180 e. The number of hydrogen-bond acceptors (Lipinski definition) is 5. The highest BCUT2D eigenvalue weighted by atomic mass is 15.1. The van der Waals surface area contributed by atoms with Crippen molar-refractivity contribution in [3.63, 3.8) is 0 Å². The van der Waals surface area contributed by atoms with Crippen LogP contribution in [-0.2, 0) is 6.54 Å². The molecule has 0 aliphatic rings. The molecule has 0 amide bonds. The Bertz CT molecular complexity index is 803. The van der Waals surface area contributed by atoms with Crippen molar-refractivity contribution in [1.82, 2.24) is 19.9 Å². The Morgan fingerprint density at radius 2 is 1.76 bits per heavy atom. The Morgan fingerprint density at radius 3 is 2.52 bits per heavy atom. The van der Waals surface area contributed by atoms with Crippen LogP contribution in [-0.4, -0.2) is 39.5 Å². The molecule has 0 saturated heterocycles. The fourth-order valence-corrected chi connectivity index (χ4v) is 2.84. The number of likely N-dealkylation sites (N-methyl/N-ethyl adjacent to an activating group) is 1. The van der Waals surface area contributed by atoms with Gasteiger partial charge in [0.1, 0.15) is 11.3 Å². The van der Waals surface area contributed by atoms with Crippen LogP contribution < -0.4 is 5.32 Å². The molecule has 5 nitrogen and oxygen atoms in total. The maximum absolute atomic E-state index is 4.59. The quantitative estimate of drug-likeness (QED) is 0.715. The van der Waals surface area contributed by atoms with Crippen molar-refractivity contribution < 1.29 is 0 Å². The lowest BCUT2D eigenvalue weighted by Gasteiger charge is -2.28. The van der Waals surface area contributed by atoms with Crippen molar-refractivity contribution in [1.29, 1.82) is 0 Å². The Kier molecular flexibility index (Phi) is 5.56. The zero-order chi connectivity index (χ0) is 17.6. The van der Waals surface area contributed by atoms with E-state index >= 15 is 0 Å². The average Bonchev–Trinajstić information content (AvgIpc) is 2.62. The van der Waals surface area contributed by atoms with Crippen LogP contribution in [0, 0.1) is 5.92 Å². The summed E-state index contributed by atoms with van der Waals surface area (Å²) in [6.45, 7) is 6.33. The molecule has 0 aliphatic carbocycles. The number of nitrogens with one attached hydrogen (secondary N) is 1. The van der Waals surface area contributed by atoms with E-state index in [-0.39, 0.29) is 0 Å². The first kappa shape index (κ1) is 17.3. The SMILES string of the molecule is CC(C)C(CN(C)Cc1ccccc1)Nc1ccc2nccnc2n1. The van der Waals surface area contributed by atoms with Crippen LogP contribution in [0.25, 0.3) is 11.2 Å². The predicted molar refractivity (Wildman–Crippen MR) is 102 cm³/mol. The number of rotatable bonds is 7. The molecule has 2 heterocycles. The van der Waals surface area contributed by atoms with E-state index in [1.165, 1.54) is 5.56 Å². The normalized spacial score (nSPS) is 12.7. The molecule has 25 heavy (non-hydrogen) atoms. The van der Waals surface area contributed by atoms with E-state index in [4.69, 9.17) is 0 Å². The first-order valence-corrected chi connectivity index (χ1v) is 8.68. The van der Waals surface area contributed by atoms with Gasteiger partial charge in [0.05, 0.1) is 0 Å². The third-order valence-corrected chi connectivity index (χ3v) is 4.27. The Balaban J connectivity index is 1.67. The zero-order valence-corrected chi connectivity index (χ0v) is 15.1. The number of anilines is 1. The summed E-state index contributed by atoms with van der Waals surface area (Å²) in [6.07, 6.45) is 3.36. The van der Waals surface area contributed by atoms with Gasteiger partial charge in [-0.15, -0.1) is 0 Å². The topological polar surface area (TPSA) is 53.9 Å². The summed E-state index contributed by atoms with van der Waals surface area (Å²) in [5.41, 5.74) is 2.81. The molecule has 0 spiro atoms. The van der Waals surface area contributed by atoms with Gasteiger partial charge in [0, 0.05) is 31.5 Å². The molecule has 130 valence electrons. The van der Waals surface area contributed by atoms with Gasteiger partial charge in [0.15, 0.2) is 5.65 Å². The lowest BCUT2D eigenvalue weighted by atomic mass is 10.0. The molecular formula is C20H25N5. The molecular weight excluding hydrogens is 310 g/mol. The molecule has 2 aromatic heterocycles. The molecule has 0 bridgehead atoms. The molecule has 1 aromatic carbocycles. The summed E-state index contributed by atoms with van der Waals surface area (Å²) in [5, 5.41) is 3.57. The van der Waals surface area contributed by atoms with Crippen molar-refractivity contribution in [2.24, 2.45) is 5.92 Å². The van der Waals surface area contributed by atoms with Crippen molar-refractivity contribution >= 4 is 17.0 Å². The second-order valence-corrected chi connectivity index (χ2v) is 6.77. The Morgan fingerprint density at radius 1 is 1.00 bits per heavy atom. The molecule has 0 fully saturated rings. The number of aromatic nitrogens is 3. The minimum absolute atomic E-state index is 0.301. The third-order valence-electron chi connectivity index (χ3n) is 4.27. The van der Waals surface area contributed by atoms with Gasteiger partial charge in [-0.3, -0.25) is 4.98 Å². The van der Waals surface area contributed by atoms with Gasteiger partial charge in [0.2, 0.25) is 0 Å². The van der Waals surface area contributed by atoms with Crippen molar-refractivity contribution in [3.8, 4) is 0 Å². The van der Waals surface area contributed by atoms with E-state index in [1.54, 1.807) is 12.4 Å². The number of nitrogens with zero attached hydrogens (tertiary/aromatic N) is 4. The van der Waals surface area contributed by atoms with E-state index in [9.17, 15) is 0 Å². The molecule has 3 rings (SSSR count). The lowest BCUT2D eigenvalue weighted by molar-refractivity contribution is 0.286. The fraction of sp³-hybridized carbons (Fsp3) is 0.350. The monoisotopic (exact) mass is 335 g/mol. The molecule has 5 heteroatoms. The molecule has 0 radical (unpaired) electrons. The maximum Gasteiger partial charge on any atom is 0.180 e. The standard InChI is InChI=1S/C20H25N5/c1-15(2)18(14-25(3)13-16-7-5-4-6-8-16)23-19-10-9-17-20(24-19)22-12-11-21-17/h4-12,15,18H,13-14H2,1-3H3,(H,22,23,24). The maximum atomic E-state index is 4.59. The van der Waals surface area contributed by atoms with E-state index in [0.29, 0.717) is 17.6 Å². The highest BCUT2D eigenvalue weighted by molar-refractivity contribution is 5.71.